The highest BCUT2D eigenvalue weighted by molar-refractivity contribution is 7.91. The zero-order valence-corrected chi connectivity index (χ0v) is 10.4. The van der Waals surface area contributed by atoms with Crippen molar-refractivity contribution in [3.05, 3.63) is 0 Å². The van der Waals surface area contributed by atoms with Gasteiger partial charge in [-0.2, -0.15) is 13.2 Å². The minimum Gasteiger partial charge on any atom is -0.330 e. The van der Waals surface area contributed by atoms with E-state index in [0.717, 1.165) is 0 Å². The lowest BCUT2D eigenvalue weighted by Crippen LogP contribution is -2.51. The van der Waals surface area contributed by atoms with E-state index >= 15 is 0 Å². The van der Waals surface area contributed by atoms with E-state index < -0.39 is 28.5 Å². The molecule has 2 unspecified atom stereocenters. The Morgan fingerprint density at radius 2 is 2.06 bits per heavy atom. The smallest absolute Gasteiger partial charge is 0.330 e. The molecule has 0 aliphatic carbocycles. The summed E-state index contributed by atoms with van der Waals surface area (Å²) < 4.78 is 60.2. The van der Waals surface area contributed by atoms with Crippen LogP contribution in [0.1, 0.15) is 6.92 Å². The summed E-state index contributed by atoms with van der Waals surface area (Å²) in [5, 5.41) is 0. The van der Waals surface area contributed by atoms with Crippen LogP contribution in [-0.2, 0) is 9.84 Å². The molecule has 0 saturated carbocycles. The Morgan fingerprint density at radius 1 is 1.47 bits per heavy atom. The highest BCUT2D eigenvalue weighted by Crippen LogP contribution is 2.27. The molecule has 1 heterocycles. The van der Waals surface area contributed by atoms with Gasteiger partial charge in [0.1, 0.15) is 0 Å². The van der Waals surface area contributed by atoms with Gasteiger partial charge in [0.15, 0.2) is 9.84 Å². The van der Waals surface area contributed by atoms with Crippen molar-refractivity contribution in [3.63, 3.8) is 0 Å². The Labute approximate surface area is 98.9 Å². The largest absolute Gasteiger partial charge is 0.394 e. The molecule has 1 rings (SSSR count). The van der Waals surface area contributed by atoms with Gasteiger partial charge in [-0.25, -0.2) is 8.42 Å². The van der Waals surface area contributed by atoms with E-state index in [-0.39, 0.29) is 30.6 Å². The number of nitrogens with zero attached hydrogens (tertiary/aromatic N) is 1. The van der Waals surface area contributed by atoms with Gasteiger partial charge in [0, 0.05) is 25.7 Å². The van der Waals surface area contributed by atoms with Crippen molar-refractivity contribution in [2.75, 3.05) is 31.1 Å². The Kier molecular flexibility index (Phi) is 4.43. The molecule has 1 aliphatic rings. The minimum absolute atomic E-state index is 0.0769. The zero-order valence-electron chi connectivity index (χ0n) is 9.57. The number of alkyl halides is 3. The van der Waals surface area contributed by atoms with Crippen molar-refractivity contribution in [1.82, 2.24) is 4.90 Å². The lowest BCUT2D eigenvalue weighted by atomic mass is 10.1. The van der Waals surface area contributed by atoms with Gasteiger partial charge in [0.05, 0.1) is 17.4 Å². The normalized spacial score (nSPS) is 27.9. The maximum absolute atomic E-state index is 12.5. The number of halogens is 3. The third-order valence-electron chi connectivity index (χ3n) is 3.01. The van der Waals surface area contributed by atoms with E-state index in [4.69, 9.17) is 5.73 Å². The monoisotopic (exact) mass is 274 g/mol. The van der Waals surface area contributed by atoms with Gasteiger partial charge in [-0.15, -0.1) is 0 Å². The molecule has 1 aliphatic heterocycles. The van der Waals surface area contributed by atoms with Crippen LogP contribution in [-0.4, -0.2) is 56.7 Å². The summed E-state index contributed by atoms with van der Waals surface area (Å²) in [5.74, 6) is -1.75. The Hall–Kier alpha value is -0.340. The maximum Gasteiger partial charge on any atom is 0.394 e. The molecule has 0 aromatic heterocycles. The highest BCUT2D eigenvalue weighted by atomic mass is 32.2. The molecule has 1 saturated heterocycles. The van der Waals surface area contributed by atoms with Crippen molar-refractivity contribution >= 4 is 9.84 Å². The lowest BCUT2D eigenvalue weighted by Gasteiger charge is -2.35. The van der Waals surface area contributed by atoms with Crippen LogP contribution in [0.2, 0.25) is 0 Å². The van der Waals surface area contributed by atoms with E-state index in [1.165, 1.54) is 0 Å². The number of hydrogen-bond acceptors (Lipinski definition) is 4. The van der Waals surface area contributed by atoms with Crippen molar-refractivity contribution in [1.29, 1.82) is 0 Å². The maximum atomic E-state index is 12.5. The SMILES string of the molecule is CC1CS(=O)(=O)CCN1CC(CN)C(F)(F)F. The fraction of sp³-hybridized carbons (Fsp3) is 1.00. The van der Waals surface area contributed by atoms with Crippen LogP contribution < -0.4 is 5.73 Å². The van der Waals surface area contributed by atoms with Gasteiger partial charge in [-0.3, -0.25) is 4.90 Å². The molecule has 0 amide bonds. The van der Waals surface area contributed by atoms with Crippen LogP contribution in [0.15, 0.2) is 0 Å². The fourth-order valence-electron chi connectivity index (χ4n) is 1.90. The predicted octanol–water partition coefficient (Wildman–Crippen LogP) is 0.243. The fourth-order valence-corrected chi connectivity index (χ4v) is 3.52. The summed E-state index contributed by atoms with van der Waals surface area (Å²) in [6, 6.07) is -0.384. The van der Waals surface area contributed by atoms with Gasteiger partial charge < -0.3 is 5.73 Å². The molecular formula is C9H17F3N2O2S. The standard InChI is InChI=1S/C9H17F3N2O2S/c1-7-6-17(15,16)3-2-14(7)5-8(4-13)9(10,11)12/h7-8H,2-6,13H2,1H3. The number of nitrogens with two attached hydrogens (primary N) is 1. The minimum atomic E-state index is -4.33. The molecule has 8 heteroatoms. The quantitative estimate of drug-likeness (QED) is 0.801. The molecule has 0 spiro atoms. The number of rotatable bonds is 3. The Morgan fingerprint density at radius 3 is 2.47 bits per heavy atom. The average molecular weight is 274 g/mol. The lowest BCUT2D eigenvalue weighted by molar-refractivity contribution is -0.177. The van der Waals surface area contributed by atoms with Crippen LogP contribution in [0.5, 0.6) is 0 Å². The summed E-state index contributed by atoms with van der Waals surface area (Å²) >= 11 is 0. The third-order valence-corrected chi connectivity index (χ3v) is 4.81. The van der Waals surface area contributed by atoms with Crippen molar-refractivity contribution in [2.45, 2.75) is 19.1 Å². The van der Waals surface area contributed by atoms with Crippen LogP contribution in [0.25, 0.3) is 0 Å². The summed E-state index contributed by atoms with van der Waals surface area (Å²) in [7, 11) is -3.10. The predicted molar refractivity (Wildman–Crippen MR) is 58.3 cm³/mol. The van der Waals surface area contributed by atoms with Gasteiger partial charge in [-0.1, -0.05) is 0 Å². The highest BCUT2D eigenvalue weighted by Gasteiger charge is 2.41. The molecule has 0 aromatic carbocycles. The second kappa shape index (κ2) is 5.11. The van der Waals surface area contributed by atoms with Gasteiger partial charge >= 0.3 is 6.18 Å². The molecule has 2 N–H and O–H groups in total. The topological polar surface area (TPSA) is 63.4 Å². The first kappa shape index (κ1) is 14.7. The molecule has 0 bridgehead atoms. The van der Waals surface area contributed by atoms with E-state index in [0.29, 0.717) is 0 Å². The van der Waals surface area contributed by atoms with Crippen LogP contribution in [0, 0.1) is 5.92 Å². The van der Waals surface area contributed by atoms with Gasteiger partial charge in [-0.05, 0) is 6.92 Å². The number of sulfone groups is 1. The third kappa shape index (κ3) is 4.11. The summed E-state index contributed by atoms with van der Waals surface area (Å²) in [5.41, 5.74) is 5.11. The summed E-state index contributed by atoms with van der Waals surface area (Å²) in [6.45, 7) is 1.08. The van der Waals surface area contributed by atoms with E-state index in [1.807, 2.05) is 0 Å². The van der Waals surface area contributed by atoms with Crippen LogP contribution in [0.4, 0.5) is 13.2 Å². The Bertz CT molecular complexity index is 356. The average Bonchev–Trinajstić information content (AvgIpc) is 2.13. The van der Waals surface area contributed by atoms with Crippen LogP contribution in [0.3, 0.4) is 0 Å². The van der Waals surface area contributed by atoms with Gasteiger partial charge in [0.25, 0.3) is 0 Å². The number of hydrogen-bond donors (Lipinski definition) is 1. The van der Waals surface area contributed by atoms with E-state index in [1.54, 1.807) is 11.8 Å². The first-order valence-electron chi connectivity index (χ1n) is 5.37. The molecule has 1 fully saturated rings. The molecule has 0 radical (unpaired) electrons. The van der Waals surface area contributed by atoms with Gasteiger partial charge in [0.2, 0.25) is 0 Å². The molecule has 17 heavy (non-hydrogen) atoms. The first-order valence-corrected chi connectivity index (χ1v) is 7.19. The van der Waals surface area contributed by atoms with E-state index in [2.05, 4.69) is 0 Å². The van der Waals surface area contributed by atoms with Crippen molar-refractivity contribution < 1.29 is 21.6 Å². The zero-order chi connectivity index (χ0) is 13.3. The Balaban J connectivity index is 2.64. The van der Waals surface area contributed by atoms with Crippen molar-refractivity contribution in [2.24, 2.45) is 11.7 Å². The second-order valence-electron chi connectivity index (χ2n) is 4.43. The van der Waals surface area contributed by atoms with Crippen LogP contribution >= 0.6 is 0 Å². The van der Waals surface area contributed by atoms with E-state index in [9.17, 15) is 21.6 Å². The molecule has 4 nitrogen and oxygen atoms in total. The molecule has 102 valence electrons. The van der Waals surface area contributed by atoms with Crippen molar-refractivity contribution in [3.8, 4) is 0 Å². The molecular weight excluding hydrogens is 257 g/mol. The summed E-state index contributed by atoms with van der Waals surface area (Å²) in [6.07, 6.45) is -4.33. The first-order chi connectivity index (χ1) is 7.65. The summed E-state index contributed by atoms with van der Waals surface area (Å²) in [4.78, 5) is 1.55. The molecule has 2 atom stereocenters. The molecule has 0 aromatic rings. The second-order valence-corrected chi connectivity index (χ2v) is 6.66.